The van der Waals surface area contributed by atoms with Crippen LogP contribution in [0.2, 0.25) is 0 Å². The average Bonchev–Trinajstić information content (AvgIpc) is 2.65. The van der Waals surface area contributed by atoms with Crippen LogP contribution in [-0.4, -0.2) is 59.7 Å². The molecule has 0 aliphatic carbocycles. The van der Waals surface area contributed by atoms with E-state index in [1.165, 1.54) is 4.90 Å². The molecule has 26 heavy (non-hydrogen) atoms. The molecule has 0 spiro atoms. The van der Waals surface area contributed by atoms with E-state index in [1.807, 2.05) is 49.1 Å². The van der Waals surface area contributed by atoms with Gasteiger partial charge >= 0.3 is 11.8 Å². The van der Waals surface area contributed by atoms with Crippen LogP contribution in [0.3, 0.4) is 0 Å². The van der Waals surface area contributed by atoms with E-state index in [9.17, 15) is 14.4 Å². The number of nitrogens with one attached hydrogen (secondary N) is 1. The monoisotopic (exact) mass is 359 g/mol. The molecule has 1 aliphatic heterocycles. The average molecular weight is 359 g/mol. The highest BCUT2D eigenvalue weighted by atomic mass is 16.2. The molecule has 1 saturated heterocycles. The fourth-order valence-corrected chi connectivity index (χ4v) is 3.22. The first-order chi connectivity index (χ1) is 12.4. The van der Waals surface area contributed by atoms with E-state index in [1.54, 1.807) is 0 Å². The number of carbonyl (C=O) groups is 3. The van der Waals surface area contributed by atoms with Crippen molar-refractivity contribution < 1.29 is 14.4 Å². The largest absolute Gasteiger partial charge is 0.346 e. The maximum absolute atomic E-state index is 13.0. The predicted octanol–water partition coefficient (Wildman–Crippen LogP) is 1.77. The Hall–Kier alpha value is -2.37. The molecule has 0 bridgehead atoms. The van der Waals surface area contributed by atoms with E-state index in [0.29, 0.717) is 26.2 Å². The topological polar surface area (TPSA) is 69.7 Å². The Morgan fingerprint density at radius 3 is 2.12 bits per heavy atom. The molecule has 0 saturated carbocycles. The quantitative estimate of drug-likeness (QED) is 0.815. The van der Waals surface area contributed by atoms with Crippen LogP contribution >= 0.6 is 0 Å². The second kappa shape index (κ2) is 9.36. The minimum atomic E-state index is -0.576. The molecule has 0 aromatic heterocycles. The minimum absolute atomic E-state index is 0.0741. The van der Waals surface area contributed by atoms with Gasteiger partial charge in [0, 0.05) is 32.2 Å². The minimum Gasteiger partial charge on any atom is -0.346 e. The lowest BCUT2D eigenvalue weighted by Crippen LogP contribution is -2.55. The molecule has 142 valence electrons. The van der Waals surface area contributed by atoms with Gasteiger partial charge in [0.15, 0.2) is 0 Å². The summed E-state index contributed by atoms with van der Waals surface area (Å²) in [6, 6.07) is 9.77. The predicted molar refractivity (Wildman–Crippen MR) is 101 cm³/mol. The SMILES string of the molecule is CCCC(C(=O)N1CCN(C(=O)C(=O)NC(C)C)CC1)c1ccccc1. The molecule has 1 fully saturated rings. The molecule has 1 aromatic rings. The van der Waals surface area contributed by atoms with E-state index >= 15 is 0 Å². The Morgan fingerprint density at radius 1 is 1.00 bits per heavy atom. The summed E-state index contributed by atoms with van der Waals surface area (Å²) in [7, 11) is 0. The molecule has 1 heterocycles. The lowest BCUT2D eigenvalue weighted by Gasteiger charge is -2.36. The first-order valence-electron chi connectivity index (χ1n) is 9.37. The van der Waals surface area contributed by atoms with E-state index in [2.05, 4.69) is 12.2 Å². The number of piperazine rings is 1. The first-order valence-corrected chi connectivity index (χ1v) is 9.37. The molecule has 1 aromatic carbocycles. The molecule has 6 nitrogen and oxygen atoms in total. The van der Waals surface area contributed by atoms with Crippen molar-refractivity contribution in [2.45, 2.75) is 45.6 Å². The van der Waals surface area contributed by atoms with E-state index in [0.717, 1.165) is 18.4 Å². The zero-order valence-corrected chi connectivity index (χ0v) is 15.9. The number of benzene rings is 1. The molecule has 0 radical (unpaired) electrons. The van der Waals surface area contributed by atoms with Gasteiger partial charge in [-0.05, 0) is 25.8 Å². The number of hydrogen-bond acceptors (Lipinski definition) is 3. The van der Waals surface area contributed by atoms with Crippen molar-refractivity contribution in [2.24, 2.45) is 0 Å². The van der Waals surface area contributed by atoms with Crippen LogP contribution in [0.15, 0.2) is 30.3 Å². The van der Waals surface area contributed by atoms with Crippen molar-refractivity contribution in [3.05, 3.63) is 35.9 Å². The van der Waals surface area contributed by atoms with Crippen molar-refractivity contribution >= 4 is 17.7 Å². The van der Waals surface area contributed by atoms with Crippen LogP contribution in [0, 0.1) is 0 Å². The molecule has 1 unspecified atom stereocenters. The maximum atomic E-state index is 13.0. The lowest BCUT2D eigenvalue weighted by atomic mass is 9.93. The fraction of sp³-hybridized carbons (Fsp3) is 0.550. The Morgan fingerprint density at radius 2 is 1.58 bits per heavy atom. The number of nitrogens with zero attached hydrogens (tertiary/aromatic N) is 2. The van der Waals surface area contributed by atoms with Crippen LogP contribution in [0.1, 0.15) is 45.1 Å². The van der Waals surface area contributed by atoms with Crippen molar-refractivity contribution in [1.29, 1.82) is 0 Å². The van der Waals surface area contributed by atoms with Gasteiger partial charge in [-0.2, -0.15) is 0 Å². The van der Waals surface area contributed by atoms with Gasteiger partial charge < -0.3 is 15.1 Å². The Balaban J connectivity index is 1.96. The zero-order valence-electron chi connectivity index (χ0n) is 15.9. The van der Waals surface area contributed by atoms with Crippen LogP contribution in [-0.2, 0) is 14.4 Å². The summed E-state index contributed by atoms with van der Waals surface area (Å²) < 4.78 is 0. The van der Waals surface area contributed by atoms with Gasteiger partial charge in [0.25, 0.3) is 0 Å². The Kier molecular flexibility index (Phi) is 7.18. The molecule has 6 heteroatoms. The van der Waals surface area contributed by atoms with Gasteiger partial charge in [0.05, 0.1) is 5.92 Å². The summed E-state index contributed by atoms with van der Waals surface area (Å²) in [6.07, 6.45) is 1.73. The van der Waals surface area contributed by atoms with Crippen LogP contribution in [0.25, 0.3) is 0 Å². The summed E-state index contributed by atoms with van der Waals surface area (Å²) in [5, 5.41) is 2.62. The second-order valence-corrected chi connectivity index (χ2v) is 7.00. The van der Waals surface area contributed by atoms with Gasteiger partial charge in [-0.25, -0.2) is 0 Å². The lowest BCUT2D eigenvalue weighted by molar-refractivity contribution is -0.148. The van der Waals surface area contributed by atoms with Crippen LogP contribution in [0.5, 0.6) is 0 Å². The van der Waals surface area contributed by atoms with E-state index in [4.69, 9.17) is 0 Å². The standard InChI is InChI=1S/C20H29N3O3/c1-4-8-17(16-9-6-5-7-10-16)19(25)22-11-13-23(14-12-22)20(26)18(24)21-15(2)3/h5-7,9-10,15,17H,4,8,11-14H2,1-3H3,(H,21,24). The van der Waals surface area contributed by atoms with Gasteiger partial charge in [-0.15, -0.1) is 0 Å². The smallest absolute Gasteiger partial charge is 0.312 e. The summed E-state index contributed by atoms with van der Waals surface area (Å²) in [4.78, 5) is 40.4. The molecule has 1 aliphatic rings. The highest BCUT2D eigenvalue weighted by Crippen LogP contribution is 2.24. The molecule has 1 N–H and O–H groups in total. The van der Waals surface area contributed by atoms with Gasteiger partial charge in [-0.3, -0.25) is 14.4 Å². The fourth-order valence-electron chi connectivity index (χ4n) is 3.22. The molecular weight excluding hydrogens is 330 g/mol. The van der Waals surface area contributed by atoms with Crippen molar-refractivity contribution in [1.82, 2.24) is 15.1 Å². The normalized spacial score (nSPS) is 15.7. The van der Waals surface area contributed by atoms with Crippen molar-refractivity contribution in [3.63, 3.8) is 0 Å². The summed E-state index contributed by atoms with van der Waals surface area (Å²) in [6.45, 7) is 7.43. The highest BCUT2D eigenvalue weighted by Gasteiger charge is 2.31. The summed E-state index contributed by atoms with van der Waals surface area (Å²) in [5.74, 6) is -1.13. The second-order valence-electron chi connectivity index (χ2n) is 7.00. The van der Waals surface area contributed by atoms with Gasteiger partial charge in [0.1, 0.15) is 0 Å². The molecule has 2 rings (SSSR count). The Bertz CT molecular complexity index is 622. The molecule has 1 atom stereocenters. The van der Waals surface area contributed by atoms with E-state index in [-0.39, 0.29) is 17.9 Å². The van der Waals surface area contributed by atoms with Crippen LogP contribution < -0.4 is 5.32 Å². The zero-order chi connectivity index (χ0) is 19.1. The third kappa shape index (κ3) is 5.07. The number of amides is 3. The van der Waals surface area contributed by atoms with Gasteiger partial charge in [-0.1, -0.05) is 43.7 Å². The molecular formula is C20H29N3O3. The molecule has 3 amide bonds. The third-order valence-electron chi connectivity index (χ3n) is 4.57. The number of rotatable bonds is 5. The number of carbonyl (C=O) groups excluding carboxylic acids is 3. The maximum Gasteiger partial charge on any atom is 0.312 e. The first kappa shape index (κ1) is 19.9. The van der Waals surface area contributed by atoms with Crippen molar-refractivity contribution in [2.75, 3.05) is 26.2 Å². The highest BCUT2D eigenvalue weighted by molar-refractivity contribution is 6.35. The Labute approximate surface area is 155 Å². The van der Waals surface area contributed by atoms with Crippen molar-refractivity contribution in [3.8, 4) is 0 Å². The van der Waals surface area contributed by atoms with Crippen LogP contribution in [0.4, 0.5) is 0 Å². The van der Waals surface area contributed by atoms with E-state index < -0.39 is 11.8 Å². The third-order valence-corrected chi connectivity index (χ3v) is 4.57. The summed E-state index contributed by atoms with van der Waals surface area (Å²) in [5.41, 5.74) is 1.04. The number of hydrogen-bond donors (Lipinski definition) is 1. The van der Waals surface area contributed by atoms with Gasteiger partial charge in [0.2, 0.25) is 5.91 Å². The summed E-state index contributed by atoms with van der Waals surface area (Å²) >= 11 is 0.